The fourth-order valence-corrected chi connectivity index (χ4v) is 4.78. The lowest BCUT2D eigenvalue weighted by molar-refractivity contribution is -0.117. The maximum Gasteiger partial charge on any atom is 0.275 e. The van der Waals surface area contributed by atoms with Crippen molar-refractivity contribution < 1.29 is 18.8 Å². The van der Waals surface area contributed by atoms with E-state index in [2.05, 4.69) is 31.9 Å². The average molecular weight is 619 g/mol. The number of carbonyl (C=O) groups excluding carboxylic acids is 3. The summed E-state index contributed by atoms with van der Waals surface area (Å²) in [5.41, 5.74) is 2.46. The van der Waals surface area contributed by atoms with E-state index in [1.54, 1.807) is 62.5 Å². The first-order valence-electron chi connectivity index (χ1n) is 12.8. The molecule has 0 aliphatic heterocycles. The molecular weight excluding hydrogens is 591 g/mol. The van der Waals surface area contributed by atoms with Gasteiger partial charge in [-0.05, 0) is 91.8 Å². The molecule has 4 aromatic rings. The zero-order chi connectivity index (χ0) is 29.7. The van der Waals surface area contributed by atoms with E-state index in [1.165, 1.54) is 41.9 Å². The zero-order valence-electron chi connectivity index (χ0n) is 22.6. The minimum atomic E-state index is -0.531. The second-order valence-electron chi connectivity index (χ2n) is 9.37. The number of anilines is 1. The molecule has 0 radical (unpaired) electrons. The molecule has 0 fully saturated rings. The van der Waals surface area contributed by atoms with Crippen molar-refractivity contribution in [1.82, 2.24) is 15.2 Å². The van der Waals surface area contributed by atoms with E-state index in [1.807, 2.05) is 0 Å². The highest BCUT2D eigenvalue weighted by Gasteiger charge is 2.18. The molecule has 0 saturated carbocycles. The third kappa shape index (κ3) is 6.85. The average Bonchev–Trinajstić information content (AvgIpc) is 2.98. The van der Waals surface area contributed by atoms with E-state index in [4.69, 9.17) is 0 Å². The van der Waals surface area contributed by atoms with Crippen LogP contribution in [0.5, 0.6) is 0 Å². The third-order valence-corrected chi connectivity index (χ3v) is 7.03. The second-order valence-corrected chi connectivity index (χ2v) is 10.3. The standard InChI is InChI=1S/C31H28BrFN4O4/c1-18(34-2)29(39)36-26-11-12-27(21-5-4-6-22(15-21)30(40)35-3)37(31(26)41)17-19-13-23(16-24(32)14-19)28(38)20-7-9-25(33)10-8-20/h4-16,18,34H,17H2,1-3H3,(H,35,40)(H,36,39)/t18-/m0/s1. The Bertz CT molecular complexity index is 1680. The Morgan fingerprint density at radius 3 is 2.32 bits per heavy atom. The topological polar surface area (TPSA) is 109 Å². The van der Waals surface area contributed by atoms with Crippen LogP contribution in [-0.2, 0) is 11.3 Å². The first-order valence-corrected chi connectivity index (χ1v) is 13.5. The molecule has 3 N–H and O–H groups in total. The molecule has 0 aliphatic carbocycles. The van der Waals surface area contributed by atoms with Gasteiger partial charge in [-0.1, -0.05) is 28.1 Å². The van der Waals surface area contributed by atoms with Gasteiger partial charge in [-0.15, -0.1) is 0 Å². The summed E-state index contributed by atoms with van der Waals surface area (Å²) in [4.78, 5) is 51.8. The van der Waals surface area contributed by atoms with Crippen LogP contribution < -0.4 is 21.5 Å². The molecule has 10 heteroatoms. The van der Waals surface area contributed by atoms with E-state index in [9.17, 15) is 23.6 Å². The Balaban J connectivity index is 1.81. The number of halogens is 2. The maximum absolute atomic E-state index is 13.8. The van der Waals surface area contributed by atoms with Gasteiger partial charge in [0.25, 0.3) is 11.5 Å². The maximum atomic E-state index is 13.8. The molecular formula is C31H28BrFN4O4. The van der Waals surface area contributed by atoms with E-state index < -0.39 is 17.4 Å². The monoisotopic (exact) mass is 618 g/mol. The number of likely N-dealkylation sites (N-methyl/N-ethyl adjacent to an activating group) is 1. The number of aromatic nitrogens is 1. The smallest absolute Gasteiger partial charge is 0.275 e. The Labute approximate surface area is 244 Å². The minimum Gasteiger partial charge on any atom is -0.355 e. The van der Waals surface area contributed by atoms with E-state index in [0.29, 0.717) is 38.0 Å². The fraction of sp³-hybridized carbons (Fsp3) is 0.161. The number of nitrogens with one attached hydrogen (secondary N) is 3. The van der Waals surface area contributed by atoms with Gasteiger partial charge in [0.1, 0.15) is 11.5 Å². The van der Waals surface area contributed by atoms with Crippen molar-refractivity contribution in [2.75, 3.05) is 19.4 Å². The molecule has 0 bridgehead atoms. The molecule has 1 aromatic heterocycles. The lowest BCUT2D eigenvalue weighted by Gasteiger charge is -2.18. The first-order chi connectivity index (χ1) is 19.6. The highest BCUT2D eigenvalue weighted by Crippen LogP contribution is 2.24. The van der Waals surface area contributed by atoms with E-state index >= 15 is 0 Å². The zero-order valence-corrected chi connectivity index (χ0v) is 24.2. The van der Waals surface area contributed by atoms with Gasteiger partial charge in [-0.25, -0.2) is 4.39 Å². The Hall–Kier alpha value is -4.41. The van der Waals surface area contributed by atoms with Crippen LogP contribution in [0.3, 0.4) is 0 Å². The van der Waals surface area contributed by atoms with E-state index in [-0.39, 0.29) is 29.8 Å². The first kappa shape index (κ1) is 29.6. The summed E-state index contributed by atoms with van der Waals surface area (Å²) in [7, 11) is 3.18. The lowest BCUT2D eigenvalue weighted by atomic mass is 10.0. The Kier molecular flexibility index (Phi) is 9.26. The van der Waals surface area contributed by atoms with Crippen molar-refractivity contribution in [3.63, 3.8) is 0 Å². The predicted molar refractivity (Wildman–Crippen MR) is 160 cm³/mol. The number of nitrogens with zero attached hydrogens (tertiary/aromatic N) is 1. The lowest BCUT2D eigenvalue weighted by Crippen LogP contribution is -2.37. The summed E-state index contributed by atoms with van der Waals surface area (Å²) in [5, 5.41) is 8.11. The van der Waals surface area contributed by atoms with Gasteiger partial charge >= 0.3 is 0 Å². The second kappa shape index (κ2) is 12.8. The molecule has 3 aromatic carbocycles. The number of ketones is 1. The predicted octanol–water partition coefficient (Wildman–Crippen LogP) is 4.60. The molecule has 0 saturated heterocycles. The summed E-state index contributed by atoms with van der Waals surface area (Å²) in [5.74, 6) is -1.40. The highest BCUT2D eigenvalue weighted by atomic mass is 79.9. The van der Waals surface area contributed by atoms with Crippen LogP contribution in [0.15, 0.2) is 88.1 Å². The van der Waals surface area contributed by atoms with Crippen molar-refractivity contribution in [2.24, 2.45) is 0 Å². The number of pyridine rings is 1. The molecule has 2 amide bonds. The molecule has 1 heterocycles. The molecule has 4 rings (SSSR count). The van der Waals surface area contributed by atoms with Gasteiger partial charge in [0, 0.05) is 28.2 Å². The summed E-state index contributed by atoms with van der Waals surface area (Å²) in [6, 6.07) is 19.9. The van der Waals surface area contributed by atoms with Gasteiger partial charge in [0.15, 0.2) is 5.78 Å². The summed E-state index contributed by atoms with van der Waals surface area (Å²) >= 11 is 3.46. The van der Waals surface area contributed by atoms with Crippen molar-refractivity contribution in [3.05, 3.63) is 122 Å². The van der Waals surface area contributed by atoms with Crippen LogP contribution in [0, 0.1) is 5.82 Å². The van der Waals surface area contributed by atoms with Gasteiger partial charge < -0.3 is 20.5 Å². The van der Waals surface area contributed by atoms with Crippen molar-refractivity contribution in [2.45, 2.75) is 19.5 Å². The molecule has 210 valence electrons. The molecule has 0 aliphatic rings. The number of hydrogen-bond donors (Lipinski definition) is 3. The van der Waals surface area contributed by atoms with Crippen molar-refractivity contribution >= 4 is 39.2 Å². The Morgan fingerprint density at radius 2 is 1.63 bits per heavy atom. The largest absolute Gasteiger partial charge is 0.355 e. The fourth-order valence-electron chi connectivity index (χ4n) is 4.24. The SMILES string of the molecule is CNC(=O)c1cccc(-c2ccc(NC(=O)[C@H](C)NC)c(=O)n2Cc2cc(Br)cc(C(=O)c3ccc(F)cc3)c2)c1. The van der Waals surface area contributed by atoms with Gasteiger partial charge in [0.05, 0.1) is 18.3 Å². The number of hydrogen-bond acceptors (Lipinski definition) is 5. The van der Waals surface area contributed by atoms with Crippen LogP contribution in [-0.4, -0.2) is 42.3 Å². The quantitative estimate of drug-likeness (QED) is 0.238. The Morgan fingerprint density at radius 1 is 0.902 bits per heavy atom. The molecule has 0 unspecified atom stereocenters. The van der Waals surface area contributed by atoms with Crippen molar-refractivity contribution in [3.8, 4) is 11.3 Å². The summed E-state index contributed by atoms with van der Waals surface area (Å²) in [6.07, 6.45) is 0. The van der Waals surface area contributed by atoms with Crippen LogP contribution in [0.1, 0.15) is 38.8 Å². The van der Waals surface area contributed by atoms with E-state index in [0.717, 1.165) is 0 Å². The number of benzene rings is 3. The van der Waals surface area contributed by atoms with Gasteiger partial charge in [-0.3, -0.25) is 19.2 Å². The normalized spacial score (nSPS) is 11.5. The van der Waals surface area contributed by atoms with Gasteiger partial charge in [0.2, 0.25) is 5.91 Å². The van der Waals surface area contributed by atoms with Crippen molar-refractivity contribution in [1.29, 1.82) is 0 Å². The molecule has 41 heavy (non-hydrogen) atoms. The summed E-state index contributed by atoms with van der Waals surface area (Å²) in [6.45, 7) is 1.72. The van der Waals surface area contributed by atoms with Crippen LogP contribution in [0.25, 0.3) is 11.3 Å². The number of carbonyl (C=O) groups is 3. The molecule has 1 atom stereocenters. The highest BCUT2D eigenvalue weighted by molar-refractivity contribution is 9.10. The number of amides is 2. The number of rotatable bonds is 9. The summed E-state index contributed by atoms with van der Waals surface area (Å²) < 4.78 is 15.5. The van der Waals surface area contributed by atoms with Crippen LogP contribution in [0.4, 0.5) is 10.1 Å². The molecule has 8 nitrogen and oxygen atoms in total. The van der Waals surface area contributed by atoms with Gasteiger partial charge in [-0.2, -0.15) is 0 Å². The van der Waals surface area contributed by atoms with Crippen LogP contribution in [0.2, 0.25) is 0 Å². The minimum absolute atomic E-state index is 0.0484. The molecule has 0 spiro atoms. The third-order valence-electron chi connectivity index (χ3n) is 6.57. The van der Waals surface area contributed by atoms with Crippen LogP contribution >= 0.6 is 15.9 Å².